The van der Waals surface area contributed by atoms with Gasteiger partial charge in [0.05, 0.1) is 39.6 Å². The van der Waals surface area contributed by atoms with E-state index in [2.05, 4.69) is 15.3 Å². The van der Waals surface area contributed by atoms with E-state index in [0.717, 1.165) is 28.0 Å². The molecule has 4 N–H and O–H groups in total. The highest BCUT2D eigenvalue weighted by atomic mass is 16.4. The molecule has 5 aromatic rings. The van der Waals surface area contributed by atoms with Gasteiger partial charge in [0.25, 0.3) is 0 Å². The topological polar surface area (TPSA) is 149 Å². The second-order valence-corrected chi connectivity index (χ2v) is 10.3. The van der Waals surface area contributed by atoms with Crippen molar-refractivity contribution in [3.63, 3.8) is 0 Å². The largest absolute Gasteiger partial charge is 0.481 e. The van der Waals surface area contributed by atoms with Crippen LogP contribution in [0.3, 0.4) is 0 Å². The summed E-state index contributed by atoms with van der Waals surface area (Å²) in [6, 6.07) is 19.2. The molecule has 1 aliphatic carbocycles. The van der Waals surface area contributed by atoms with Gasteiger partial charge >= 0.3 is 5.97 Å². The number of rotatable bonds is 6. The van der Waals surface area contributed by atoms with E-state index in [1.54, 1.807) is 18.5 Å². The average Bonchev–Trinajstić information content (AvgIpc) is 3.36. The van der Waals surface area contributed by atoms with Crippen molar-refractivity contribution in [2.45, 2.75) is 32.6 Å². The number of pyridine rings is 3. The standard InChI is InChI=1S/C31H29N7O3/c1-18-25(13-14-27(35-18)37-30(39)19-7-9-20(10-8-19)31(40)41)38-26-17-21(23-6-2-3-15-33-23)11-12-24(26)36-29(38)22-5-4-16-34-28(22)32/h2-6,11-17,19-20H,7-10H2,1H3,(H2,32,34)(H,40,41)(H,35,37,39). The number of benzene rings is 1. The lowest BCUT2D eigenvalue weighted by Gasteiger charge is -2.25. The number of anilines is 2. The second kappa shape index (κ2) is 10.8. The molecular weight excluding hydrogens is 518 g/mol. The number of nitrogens with two attached hydrogens (primary N) is 1. The fraction of sp³-hybridized carbons (Fsp3) is 0.226. The molecule has 0 bridgehead atoms. The van der Waals surface area contributed by atoms with Gasteiger partial charge in [-0.2, -0.15) is 0 Å². The lowest BCUT2D eigenvalue weighted by Crippen LogP contribution is -2.29. The van der Waals surface area contributed by atoms with Crippen LogP contribution in [0.2, 0.25) is 0 Å². The van der Waals surface area contributed by atoms with E-state index in [1.807, 2.05) is 66.1 Å². The number of carbonyl (C=O) groups excluding carboxylic acids is 1. The Morgan fingerprint density at radius 3 is 2.41 bits per heavy atom. The maximum atomic E-state index is 13.0. The number of aryl methyl sites for hydroxylation is 1. The lowest BCUT2D eigenvalue weighted by atomic mass is 9.81. The van der Waals surface area contributed by atoms with Crippen molar-refractivity contribution >= 4 is 34.5 Å². The Morgan fingerprint density at radius 2 is 1.71 bits per heavy atom. The Morgan fingerprint density at radius 1 is 0.927 bits per heavy atom. The first-order valence-corrected chi connectivity index (χ1v) is 13.6. The Labute approximate surface area is 236 Å². The minimum absolute atomic E-state index is 0.134. The minimum Gasteiger partial charge on any atom is -0.481 e. The van der Waals surface area contributed by atoms with Crippen molar-refractivity contribution in [2.75, 3.05) is 11.1 Å². The molecule has 1 aromatic carbocycles. The number of carboxylic acid groups (broad SMARTS) is 1. The molecule has 0 radical (unpaired) electrons. The van der Waals surface area contributed by atoms with Gasteiger partial charge in [-0.25, -0.2) is 15.0 Å². The molecule has 0 saturated heterocycles. The molecule has 4 aromatic heterocycles. The summed E-state index contributed by atoms with van der Waals surface area (Å²) in [5, 5.41) is 12.2. The van der Waals surface area contributed by atoms with Crippen LogP contribution in [0, 0.1) is 18.8 Å². The predicted octanol–water partition coefficient (Wildman–Crippen LogP) is 5.26. The van der Waals surface area contributed by atoms with Crippen LogP contribution in [0.1, 0.15) is 31.4 Å². The van der Waals surface area contributed by atoms with E-state index in [1.165, 1.54) is 0 Å². The minimum atomic E-state index is -0.789. The van der Waals surface area contributed by atoms with Crippen LogP contribution in [0.15, 0.2) is 73.1 Å². The van der Waals surface area contributed by atoms with Gasteiger partial charge in [-0.1, -0.05) is 12.1 Å². The van der Waals surface area contributed by atoms with Gasteiger partial charge < -0.3 is 16.2 Å². The van der Waals surface area contributed by atoms with Crippen LogP contribution in [-0.4, -0.2) is 41.5 Å². The molecule has 1 amide bonds. The SMILES string of the molecule is Cc1nc(NC(=O)C2CCC(C(=O)O)CC2)ccc1-n1c(-c2cccnc2N)nc2ccc(-c3ccccn3)cc21. The molecule has 41 heavy (non-hydrogen) atoms. The van der Waals surface area contributed by atoms with E-state index >= 15 is 0 Å². The smallest absolute Gasteiger partial charge is 0.306 e. The number of nitrogens with one attached hydrogen (secondary N) is 1. The molecule has 206 valence electrons. The number of imidazole rings is 1. The van der Waals surface area contributed by atoms with Gasteiger partial charge in [0, 0.05) is 23.9 Å². The number of carboxylic acids is 1. The molecule has 0 aliphatic heterocycles. The maximum absolute atomic E-state index is 13.0. The Balaban J connectivity index is 1.38. The molecule has 1 aliphatic rings. The maximum Gasteiger partial charge on any atom is 0.306 e. The number of carbonyl (C=O) groups is 2. The summed E-state index contributed by atoms with van der Waals surface area (Å²) in [5.74, 6) is -0.0896. The number of nitrogens with zero attached hydrogens (tertiary/aromatic N) is 5. The molecule has 1 saturated carbocycles. The van der Waals surface area contributed by atoms with Crippen molar-refractivity contribution in [1.29, 1.82) is 0 Å². The first kappa shape index (κ1) is 26.1. The molecule has 0 spiro atoms. The second-order valence-electron chi connectivity index (χ2n) is 10.3. The molecule has 0 atom stereocenters. The summed E-state index contributed by atoms with van der Waals surface area (Å²) >= 11 is 0. The summed E-state index contributed by atoms with van der Waals surface area (Å²) < 4.78 is 2.01. The van der Waals surface area contributed by atoms with Gasteiger partial charge in [-0.3, -0.25) is 19.1 Å². The molecule has 6 rings (SSSR count). The summed E-state index contributed by atoms with van der Waals surface area (Å²) in [4.78, 5) is 42.6. The van der Waals surface area contributed by atoms with Crippen LogP contribution in [0.4, 0.5) is 11.6 Å². The number of amides is 1. The molecule has 0 unspecified atom stereocenters. The van der Waals surface area contributed by atoms with Crippen LogP contribution in [0.25, 0.3) is 39.4 Å². The van der Waals surface area contributed by atoms with E-state index in [9.17, 15) is 14.7 Å². The molecule has 1 fully saturated rings. The molecule has 10 heteroatoms. The van der Waals surface area contributed by atoms with Crippen molar-refractivity contribution in [3.8, 4) is 28.3 Å². The first-order chi connectivity index (χ1) is 19.9. The third-order valence-corrected chi connectivity index (χ3v) is 7.69. The van der Waals surface area contributed by atoms with Crippen LogP contribution >= 0.6 is 0 Å². The number of hydrogen-bond acceptors (Lipinski definition) is 7. The van der Waals surface area contributed by atoms with Gasteiger partial charge in [0.15, 0.2) is 0 Å². The summed E-state index contributed by atoms with van der Waals surface area (Å²) in [6.07, 6.45) is 5.52. The van der Waals surface area contributed by atoms with E-state index < -0.39 is 5.97 Å². The zero-order valence-corrected chi connectivity index (χ0v) is 22.5. The highest BCUT2D eigenvalue weighted by Crippen LogP contribution is 2.34. The zero-order valence-electron chi connectivity index (χ0n) is 22.5. The van der Waals surface area contributed by atoms with Gasteiger partial charge in [-0.15, -0.1) is 0 Å². The number of fused-ring (bicyclic) bond motifs is 1. The van der Waals surface area contributed by atoms with E-state index in [4.69, 9.17) is 15.7 Å². The van der Waals surface area contributed by atoms with E-state index in [0.29, 0.717) is 54.4 Å². The van der Waals surface area contributed by atoms with E-state index in [-0.39, 0.29) is 17.7 Å². The first-order valence-electron chi connectivity index (χ1n) is 13.6. The lowest BCUT2D eigenvalue weighted by molar-refractivity contribution is -0.143. The number of hydrogen-bond donors (Lipinski definition) is 3. The summed E-state index contributed by atoms with van der Waals surface area (Å²) in [5.41, 5.74) is 11.9. The van der Waals surface area contributed by atoms with Crippen molar-refractivity contribution < 1.29 is 14.7 Å². The molecule has 10 nitrogen and oxygen atoms in total. The Bertz CT molecular complexity index is 1760. The van der Waals surface area contributed by atoms with Crippen LogP contribution in [-0.2, 0) is 9.59 Å². The fourth-order valence-corrected chi connectivity index (χ4v) is 5.49. The Kier molecular flexibility index (Phi) is 6.88. The third-order valence-electron chi connectivity index (χ3n) is 7.69. The molecule has 4 heterocycles. The Hall–Kier alpha value is -5.12. The normalized spacial score (nSPS) is 16.9. The van der Waals surface area contributed by atoms with Gasteiger partial charge in [-0.05, 0) is 81.1 Å². The monoisotopic (exact) mass is 547 g/mol. The van der Waals surface area contributed by atoms with Crippen molar-refractivity contribution in [1.82, 2.24) is 24.5 Å². The summed E-state index contributed by atoms with van der Waals surface area (Å²) in [7, 11) is 0. The summed E-state index contributed by atoms with van der Waals surface area (Å²) in [6.45, 7) is 1.88. The third kappa shape index (κ3) is 5.11. The van der Waals surface area contributed by atoms with Gasteiger partial charge in [0.2, 0.25) is 5.91 Å². The van der Waals surface area contributed by atoms with Crippen LogP contribution in [0.5, 0.6) is 0 Å². The number of aliphatic carboxylic acids is 1. The highest BCUT2D eigenvalue weighted by Gasteiger charge is 2.30. The quantitative estimate of drug-likeness (QED) is 0.260. The predicted molar refractivity (Wildman–Crippen MR) is 156 cm³/mol. The number of aromatic nitrogens is 5. The van der Waals surface area contributed by atoms with Crippen molar-refractivity contribution in [2.24, 2.45) is 11.8 Å². The van der Waals surface area contributed by atoms with Gasteiger partial charge in [0.1, 0.15) is 17.5 Å². The molecular formula is C31H29N7O3. The number of nitrogen functional groups attached to an aromatic ring is 1. The van der Waals surface area contributed by atoms with Crippen molar-refractivity contribution in [3.05, 3.63) is 78.8 Å². The fourth-order valence-electron chi connectivity index (χ4n) is 5.49. The van der Waals surface area contributed by atoms with Crippen LogP contribution < -0.4 is 11.1 Å². The average molecular weight is 548 g/mol. The highest BCUT2D eigenvalue weighted by molar-refractivity contribution is 5.92. The zero-order chi connectivity index (χ0) is 28.5.